The summed E-state index contributed by atoms with van der Waals surface area (Å²) >= 11 is 5.63. The average molecular weight is 264 g/mol. The highest BCUT2D eigenvalue weighted by molar-refractivity contribution is 6.30. The van der Waals surface area contributed by atoms with Gasteiger partial charge in [-0.25, -0.2) is 4.39 Å². The topological polar surface area (TPSA) is 54.0 Å². The van der Waals surface area contributed by atoms with Crippen molar-refractivity contribution in [3.05, 3.63) is 58.8 Å². The lowest BCUT2D eigenvalue weighted by atomic mass is 9.94. The lowest BCUT2D eigenvalue weighted by molar-refractivity contribution is 0.0950. The third-order valence-corrected chi connectivity index (χ3v) is 2.74. The van der Waals surface area contributed by atoms with E-state index in [1.54, 1.807) is 6.07 Å². The number of carbonyl (C=O) groups is 1. The van der Waals surface area contributed by atoms with Gasteiger partial charge in [-0.1, -0.05) is 23.7 Å². The molecular formula is C13H7ClFNO2. The number of nitriles is 1. The number of rotatable bonds is 3. The van der Waals surface area contributed by atoms with Gasteiger partial charge in [-0.05, 0) is 18.2 Å². The second-order valence-corrected chi connectivity index (χ2v) is 3.95. The van der Waals surface area contributed by atoms with E-state index in [1.807, 2.05) is 0 Å². The van der Waals surface area contributed by atoms with Crippen molar-refractivity contribution in [1.82, 2.24) is 0 Å². The van der Waals surface area contributed by atoms with Crippen LogP contribution in [0.5, 0.6) is 0 Å². The third kappa shape index (κ3) is 2.13. The van der Waals surface area contributed by atoms with Crippen molar-refractivity contribution >= 4 is 17.4 Å². The van der Waals surface area contributed by atoms with Gasteiger partial charge in [-0.15, -0.1) is 0 Å². The number of hydrogen-bond acceptors (Lipinski definition) is 3. The van der Waals surface area contributed by atoms with E-state index < -0.39 is 17.5 Å². The number of ketones is 1. The molecule has 1 unspecified atom stereocenters. The molecule has 0 saturated carbocycles. The Morgan fingerprint density at radius 1 is 1.39 bits per heavy atom. The predicted molar refractivity (Wildman–Crippen MR) is 62.8 cm³/mol. The minimum absolute atomic E-state index is 0.0147. The van der Waals surface area contributed by atoms with Crippen LogP contribution in [0.3, 0.4) is 0 Å². The first-order chi connectivity index (χ1) is 8.65. The smallest absolute Gasteiger partial charge is 0.219 e. The minimum Gasteiger partial charge on any atom is -0.461 e. The van der Waals surface area contributed by atoms with Gasteiger partial charge in [0.1, 0.15) is 11.7 Å². The predicted octanol–water partition coefficient (Wildman–Crippen LogP) is 3.56. The van der Waals surface area contributed by atoms with Gasteiger partial charge >= 0.3 is 0 Å². The fourth-order valence-electron chi connectivity index (χ4n) is 1.57. The molecule has 2 rings (SSSR count). The van der Waals surface area contributed by atoms with Crippen LogP contribution in [0.4, 0.5) is 4.39 Å². The van der Waals surface area contributed by atoms with E-state index in [0.717, 1.165) is 0 Å². The van der Waals surface area contributed by atoms with Gasteiger partial charge in [0.2, 0.25) is 5.78 Å². The molecule has 1 aromatic heterocycles. The first kappa shape index (κ1) is 12.3. The van der Waals surface area contributed by atoms with Crippen LogP contribution in [-0.2, 0) is 0 Å². The second-order valence-electron chi connectivity index (χ2n) is 3.55. The van der Waals surface area contributed by atoms with Gasteiger partial charge in [0, 0.05) is 5.56 Å². The summed E-state index contributed by atoms with van der Waals surface area (Å²) in [4.78, 5) is 12.0. The van der Waals surface area contributed by atoms with Crippen LogP contribution < -0.4 is 0 Å². The number of benzene rings is 1. The number of carbonyl (C=O) groups excluding carboxylic acids is 1. The molecule has 1 aromatic carbocycles. The van der Waals surface area contributed by atoms with Crippen molar-refractivity contribution in [2.75, 3.05) is 0 Å². The van der Waals surface area contributed by atoms with Crippen molar-refractivity contribution < 1.29 is 13.6 Å². The van der Waals surface area contributed by atoms with E-state index in [2.05, 4.69) is 0 Å². The molecule has 18 heavy (non-hydrogen) atoms. The van der Waals surface area contributed by atoms with Gasteiger partial charge < -0.3 is 4.42 Å². The SMILES string of the molecule is N#CC(C(=O)c1ccco1)c1cccc(Cl)c1F. The molecule has 3 nitrogen and oxygen atoms in total. The zero-order valence-corrected chi connectivity index (χ0v) is 9.82. The van der Waals surface area contributed by atoms with Crippen LogP contribution in [0.2, 0.25) is 5.02 Å². The molecule has 0 radical (unpaired) electrons. The largest absolute Gasteiger partial charge is 0.461 e. The highest BCUT2D eigenvalue weighted by Gasteiger charge is 2.27. The van der Waals surface area contributed by atoms with Crippen LogP contribution in [0.15, 0.2) is 41.0 Å². The van der Waals surface area contributed by atoms with Crippen molar-refractivity contribution in [2.45, 2.75) is 5.92 Å². The molecule has 1 atom stereocenters. The Morgan fingerprint density at radius 3 is 2.78 bits per heavy atom. The summed E-state index contributed by atoms with van der Waals surface area (Å²) in [6.07, 6.45) is 1.32. The zero-order valence-electron chi connectivity index (χ0n) is 9.06. The summed E-state index contributed by atoms with van der Waals surface area (Å²) in [7, 11) is 0. The fraction of sp³-hybridized carbons (Fsp3) is 0.0769. The number of hydrogen-bond donors (Lipinski definition) is 0. The highest BCUT2D eigenvalue weighted by Crippen LogP contribution is 2.27. The molecule has 0 fully saturated rings. The molecule has 0 aliphatic heterocycles. The summed E-state index contributed by atoms with van der Waals surface area (Å²) in [6.45, 7) is 0. The Balaban J connectivity index is 2.44. The summed E-state index contributed by atoms with van der Waals surface area (Å²) in [6, 6.07) is 8.91. The molecular weight excluding hydrogens is 257 g/mol. The normalized spacial score (nSPS) is 11.8. The number of halogens is 2. The molecule has 0 saturated heterocycles. The van der Waals surface area contributed by atoms with Crippen LogP contribution in [-0.4, -0.2) is 5.78 Å². The number of nitrogens with zero attached hydrogens (tertiary/aromatic N) is 1. The Bertz CT molecular complexity index is 616. The Hall–Kier alpha value is -2.12. The summed E-state index contributed by atoms with van der Waals surface area (Å²) < 4.78 is 18.7. The summed E-state index contributed by atoms with van der Waals surface area (Å²) in [5.74, 6) is -2.61. The monoisotopic (exact) mass is 263 g/mol. The second kappa shape index (κ2) is 5.03. The zero-order chi connectivity index (χ0) is 13.1. The van der Waals surface area contributed by atoms with Crippen molar-refractivity contribution in [3.8, 4) is 6.07 Å². The standard InChI is InChI=1S/C13H7ClFNO2/c14-10-4-1-3-8(12(10)15)9(7-16)13(17)11-5-2-6-18-11/h1-6,9H. The first-order valence-electron chi connectivity index (χ1n) is 5.06. The molecule has 1 heterocycles. The van der Waals surface area contributed by atoms with Crippen LogP contribution >= 0.6 is 11.6 Å². The minimum atomic E-state index is -1.27. The quantitative estimate of drug-likeness (QED) is 0.796. The van der Waals surface area contributed by atoms with Gasteiger partial charge in [-0.3, -0.25) is 4.79 Å². The highest BCUT2D eigenvalue weighted by atomic mass is 35.5. The Morgan fingerprint density at radius 2 is 2.17 bits per heavy atom. The average Bonchev–Trinajstić information content (AvgIpc) is 2.89. The first-order valence-corrected chi connectivity index (χ1v) is 5.44. The maximum atomic E-state index is 13.8. The molecule has 0 aliphatic rings. The number of Topliss-reactive ketones (excluding diaryl/α,β-unsaturated/α-hetero) is 1. The molecule has 0 aliphatic carbocycles. The van der Waals surface area contributed by atoms with Gasteiger partial charge in [0.25, 0.3) is 0 Å². The van der Waals surface area contributed by atoms with E-state index >= 15 is 0 Å². The molecule has 0 N–H and O–H groups in total. The van der Waals surface area contributed by atoms with Crippen molar-refractivity contribution in [1.29, 1.82) is 5.26 Å². The van der Waals surface area contributed by atoms with Crippen LogP contribution in [0.1, 0.15) is 22.0 Å². The van der Waals surface area contributed by atoms with E-state index in [-0.39, 0.29) is 16.3 Å². The van der Waals surface area contributed by atoms with E-state index in [4.69, 9.17) is 21.3 Å². The van der Waals surface area contributed by atoms with E-state index in [0.29, 0.717) is 0 Å². The Labute approximate surface area is 107 Å². The van der Waals surface area contributed by atoms with Crippen LogP contribution in [0.25, 0.3) is 0 Å². The summed E-state index contributed by atoms with van der Waals surface area (Å²) in [5, 5.41) is 8.92. The van der Waals surface area contributed by atoms with Crippen LogP contribution in [0, 0.1) is 17.1 Å². The van der Waals surface area contributed by atoms with E-state index in [1.165, 1.54) is 36.6 Å². The Kier molecular flexibility index (Phi) is 3.45. The van der Waals surface area contributed by atoms with E-state index in [9.17, 15) is 9.18 Å². The van der Waals surface area contributed by atoms with Gasteiger partial charge in [0.05, 0.1) is 17.4 Å². The molecule has 0 bridgehead atoms. The summed E-state index contributed by atoms with van der Waals surface area (Å²) in [5.41, 5.74) is -0.0496. The number of furan rings is 1. The third-order valence-electron chi connectivity index (χ3n) is 2.45. The lowest BCUT2D eigenvalue weighted by Crippen LogP contribution is -2.12. The van der Waals surface area contributed by atoms with Crippen molar-refractivity contribution in [3.63, 3.8) is 0 Å². The lowest BCUT2D eigenvalue weighted by Gasteiger charge is -2.08. The molecule has 2 aromatic rings. The molecule has 5 heteroatoms. The van der Waals surface area contributed by atoms with Gasteiger partial charge in [-0.2, -0.15) is 5.26 Å². The fourth-order valence-corrected chi connectivity index (χ4v) is 1.76. The maximum absolute atomic E-state index is 13.8. The molecule has 90 valence electrons. The van der Waals surface area contributed by atoms with Gasteiger partial charge in [0.15, 0.2) is 5.76 Å². The molecule has 0 spiro atoms. The maximum Gasteiger partial charge on any atom is 0.219 e. The molecule has 0 amide bonds. The van der Waals surface area contributed by atoms with Crippen molar-refractivity contribution in [2.24, 2.45) is 0 Å².